The van der Waals surface area contributed by atoms with Crippen molar-refractivity contribution in [2.24, 2.45) is 0 Å². The molecule has 2 N–H and O–H groups in total. The number of nitrogens with zero attached hydrogens (tertiary/aromatic N) is 1. The molecule has 5 nitrogen and oxygen atoms in total. The van der Waals surface area contributed by atoms with Gasteiger partial charge in [-0.2, -0.15) is 0 Å². The van der Waals surface area contributed by atoms with Gasteiger partial charge in [0.05, 0.1) is 18.6 Å². The van der Waals surface area contributed by atoms with Gasteiger partial charge in [-0.05, 0) is 12.1 Å². The molecule has 0 bridgehead atoms. The van der Waals surface area contributed by atoms with Crippen LogP contribution in [0.3, 0.4) is 0 Å². The highest BCUT2D eigenvalue weighted by atomic mass is 19.3. The Labute approximate surface area is 135 Å². The Bertz CT molecular complexity index is 662. The van der Waals surface area contributed by atoms with Crippen LogP contribution in [0.25, 0.3) is 0 Å². The van der Waals surface area contributed by atoms with Crippen LogP contribution in [0.1, 0.15) is 12.8 Å². The minimum absolute atomic E-state index is 0.120. The molecule has 2 fully saturated rings. The number of rotatable bonds is 3. The summed E-state index contributed by atoms with van der Waals surface area (Å²) < 4.78 is 53.8. The maximum Gasteiger partial charge on any atom is 0.262 e. The number of halogens is 4. The summed E-state index contributed by atoms with van der Waals surface area (Å²) in [6, 6.07) is 1.50. The SMILES string of the molecule is O=C(NC1CC(=O)N(c2c(F)cccc2F)C1)C1CC(F)(F)CN1. The van der Waals surface area contributed by atoms with Crippen LogP contribution in [0.2, 0.25) is 0 Å². The van der Waals surface area contributed by atoms with E-state index < -0.39 is 60.1 Å². The van der Waals surface area contributed by atoms with Crippen LogP contribution in [-0.4, -0.2) is 42.9 Å². The molecule has 130 valence electrons. The van der Waals surface area contributed by atoms with Crippen LogP contribution in [0.4, 0.5) is 23.2 Å². The van der Waals surface area contributed by atoms with Crippen molar-refractivity contribution in [3.8, 4) is 0 Å². The van der Waals surface area contributed by atoms with E-state index in [0.717, 1.165) is 17.0 Å². The molecule has 0 saturated carbocycles. The molecular formula is C15H15F4N3O2. The predicted octanol–water partition coefficient (Wildman–Crippen LogP) is 1.18. The quantitative estimate of drug-likeness (QED) is 0.809. The van der Waals surface area contributed by atoms with E-state index in [9.17, 15) is 27.2 Å². The van der Waals surface area contributed by atoms with E-state index >= 15 is 0 Å². The summed E-state index contributed by atoms with van der Waals surface area (Å²) in [5.41, 5.74) is -0.468. The molecular weight excluding hydrogens is 330 g/mol. The lowest BCUT2D eigenvalue weighted by atomic mass is 10.1. The minimum Gasteiger partial charge on any atom is -0.350 e. The summed E-state index contributed by atoms with van der Waals surface area (Å²) >= 11 is 0. The van der Waals surface area contributed by atoms with Crippen LogP contribution >= 0.6 is 0 Å². The molecule has 24 heavy (non-hydrogen) atoms. The first kappa shape index (κ1) is 16.7. The van der Waals surface area contributed by atoms with Crippen molar-refractivity contribution in [3.05, 3.63) is 29.8 Å². The van der Waals surface area contributed by atoms with Gasteiger partial charge in [-0.1, -0.05) is 6.07 Å². The van der Waals surface area contributed by atoms with Gasteiger partial charge in [-0.25, -0.2) is 17.6 Å². The molecule has 0 spiro atoms. The average Bonchev–Trinajstić information content (AvgIpc) is 3.02. The van der Waals surface area contributed by atoms with Crippen molar-refractivity contribution < 1.29 is 27.2 Å². The Morgan fingerprint density at radius 3 is 2.54 bits per heavy atom. The molecule has 0 radical (unpaired) electrons. The smallest absolute Gasteiger partial charge is 0.262 e. The molecule has 2 aliphatic heterocycles. The average molecular weight is 345 g/mol. The van der Waals surface area contributed by atoms with E-state index in [0.29, 0.717) is 0 Å². The number of amides is 2. The van der Waals surface area contributed by atoms with Crippen LogP contribution in [0.5, 0.6) is 0 Å². The summed E-state index contributed by atoms with van der Waals surface area (Å²) in [5, 5.41) is 4.90. The Kier molecular flexibility index (Phi) is 4.20. The number of carbonyl (C=O) groups excluding carboxylic acids is 2. The summed E-state index contributed by atoms with van der Waals surface area (Å²) in [6.45, 7) is -0.702. The second kappa shape index (κ2) is 6.04. The monoisotopic (exact) mass is 345 g/mol. The van der Waals surface area contributed by atoms with Crippen LogP contribution < -0.4 is 15.5 Å². The number of hydrogen-bond acceptors (Lipinski definition) is 3. The van der Waals surface area contributed by atoms with Gasteiger partial charge in [0.25, 0.3) is 5.92 Å². The van der Waals surface area contributed by atoms with Crippen molar-refractivity contribution in [3.63, 3.8) is 0 Å². The summed E-state index contributed by atoms with van der Waals surface area (Å²) in [5.74, 6) is -5.91. The van der Waals surface area contributed by atoms with Crippen molar-refractivity contribution >= 4 is 17.5 Å². The van der Waals surface area contributed by atoms with Crippen molar-refractivity contribution in [1.82, 2.24) is 10.6 Å². The molecule has 9 heteroatoms. The Balaban J connectivity index is 1.66. The van der Waals surface area contributed by atoms with E-state index in [1.165, 1.54) is 6.07 Å². The van der Waals surface area contributed by atoms with E-state index in [-0.39, 0.29) is 13.0 Å². The van der Waals surface area contributed by atoms with Crippen LogP contribution in [0, 0.1) is 11.6 Å². The number of carbonyl (C=O) groups is 2. The maximum absolute atomic E-state index is 13.8. The first-order chi connectivity index (χ1) is 11.3. The summed E-state index contributed by atoms with van der Waals surface area (Å²) in [6.07, 6.45) is -0.770. The van der Waals surface area contributed by atoms with E-state index in [4.69, 9.17) is 0 Å². The third-order valence-electron chi connectivity index (χ3n) is 4.11. The van der Waals surface area contributed by atoms with E-state index in [2.05, 4.69) is 10.6 Å². The fourth-order valence-corrected chi connectivity index (χ4v) is 2.97. The van der Waals surface area contributed by atoms with Gasteiger partial charge in [0, 0.05) is 19.4 Å². The zero-order chi connectivity index (χ0) is 17.5. The number of anilines is 1. The lowest BCUT2D eigenvalue weighted by Crippen LogP contribution is -2.46. The maximum atomic E-state index is 13.8. The third kappa shape index (κ3) is 3.21. The van der Waals surface area contributed by atoms with Crippen molar-refractivity contribution in [1.29, 1.82) is 0 Å². The molecule has 2 heterocycles. The minimum atomic E-state index is -2.95. The first-order valence-electron chi connectivity index (χ1n) is 7.43. The molecule has 3 rings (SSSR count). The van der Waals surface area contributed by atoms with Gasteiger partial charge in [-0.15, -0.1) is 0 Å². The molecule has 0 aliphatic carbocycles. The first-order valence-corrected chi connectivity index (χ1v) is 7.43. The third-order valence-corrected chi connectivity index (χ3v) is 4.11. The summed E-state index contributed by atoms with van der Waals surface area (Å²) in [7, 11) is 0. The van der Waals surface area contributed by atoms with Crippen molar-refractivity contribution in [2.45, 2.75) is 30.8 Å². The second-order valence-electron chi connectivity index (χ2n) is 5.98. The fraction of sp³-hybridized carbons (Fsp3) is 0.467. The van der Waals surface area contributed by atoms with E-state index in [1.807, 2.05) is 0 Å². The molecule has 2 saturated heterocycles. The molecule has 1 aromatic carbocycles. The Hall–Kier alpha value is -2.16. The number of para-hydroxylation sites is 1. The highest BCUT2D eigenvalue weighted by Gasteiger charge is 2.43. The molecule has 2 atom stereocenters. The topological polar surface area (TPSA) is 61.4 Å². The van der Waals surface area contributed by atoms with Gasteiger partial charge < -0.3 is 10.2 Å². The van der Waals surface area contributed by atoms with Gasteiger partial charge >= 0.3 is 0 Å². The van der Waals surface area contributed by atoms with Gasteiger partial charge in [0.2, 0.25) is 11.8 Å². The van der Waals surface area contributed by atoms with Gasteiger partial charge in [-0.3, -0.25) is 14.9 Å². The highest BCUT2D eigenvalue weighted by Crippen LogP contribution is 2.28. The normalized spacial score (nSPS) is 26.0. The number of hydrogen-bond donors (Lipinski definition) is 2. The molecule has 2 unspecified atom stereocenters. The summed E-state index contributed by atoms with van der Waals surface area (Å²) in [4.78, 5) is 24.9. The molecule has 2 amide bonds. The fourth-order valence-electron chi connectivity index (χ4n) is 2.97. The van der Waals surface area contributed by atoms with Gasteiger partial charge in [0.15, 0.2) is 0 Å². The van der Waals surface area contributed by atoms with Crippen molar-refractivity contribution in [2.75, 3.05) is 18.0 Å². The lowest BCUT2D eigenvalue weighted by molar-refractivity contribution is -0.124. The Morgan fingerprint density at radius 2 is 1.96 bits per heavy atom. The zero-order valence-electron chi connectivity index (χ0n) is 12.5. The number of alkyl halides is 2. The highest BCUT2D eigenvalue weighted by molar-refractivity contribution is 5.97. The number of benzene rings is 1. The number of nitrogens with one attached hydrogen (secondary N) is 2. The molecule has 0 aromatic heterocycles. The van der Waals surface area contributed by atoms with Gasteiger partial charge in [0.1, 0.15) is 17.3 Å². The predicted molar refractivity (Wildman–Crippen MR) is 76.6 cm³/mol. The molecule has 2 aliphatic rings. The Morgan fingerprint density at radius 1 is 1.29 bits per heavy atom. The molecule has 1 aromatic rings. The van der Waals surface area contributed by atoms with E-state index in [1.54, 1.807) is 0 Å². The second-order valence-corrected chi connectivity index (χ2v) is 5.98. The lowest BCUT2D eigenvalue weighted by Gasteiger charge is -2.19. The largest absolute Gasteiger partial charge is 0.350 e. The zero-order valence-corrected chi connectivity index (χ0v) is 12.5. The van der Waals surface area contributed by atoms with Crippen LogP contribution in [0.15, 0.2) is 18.2 Å². The standard InChI is InChI=1S/C15H15F4N3O2/c16-9-2-1-3-10(17)13(9)22-6-8(4-12(22)23)21-14(24)11-5-15(18,19)7-20-11/h1-3,8,11,20H,4-7H2,(H,21,24). The van der Waals surface area contributed by atoms with Crippen LogP contribution in [-0.2, 0) is 9.59 Å².